The van der Waals surface area contributed by atoms with E-state index in [1.165, 1.54) is 0 Å². The Morgan fingerprint density at radius 2 is 2.07 bits per heavy atom. The number of rotatable bonds is 3. The molecule has 0 bridgehead atoms. The number of ether oxygens (including phenoxy) is 1. The van der Waals surface area contributed by atoms with Crippen LogP contribution in [0.25, 0.3) is 0 Å². The fraction of sp³-hybridized carbons (Fsp3) is 0.364. The molecule has 0 aromatic heterocycles. The highest BCUT2D eigenvalue weighted by Crippen LogP contribution is 2.28. The molecule has 0 unspecified atom stereocenters. The molecule has 0 aliphatic carbocycles. The van der Waals surface area contributed by atoms with E-state index in [0.29, 0.717) is 5.75 Å². The van der Waals surface area contributed by atoms with Crippen LogP contribution >= 0.6 is 11.8 Å². The minimum atomic E-state index is 0.493. The molecule has 2 nitrogen and oxygen atoms in total. The Morgan fingerprint density at radius 3 is 2.64 bits per heavy atom. The summed E-state index contributed by atoms with van der Waals surface area (Å²) in [4.78, 5) is 1.16. The molecule has 3 heteroatoms. The van der Waals surface area contributed by atoms with Crippen LogP contribution in [0.3, 0.4) is 0 Å². The second-order valence-electron chi connectivity index (χ2n) is 3.03. The van der Waals surface area contributed by atoms with Gasteiger partial charge in [0.25, 0.3) is 0 Å². The van der Waals surface area contributed by atoms with Gasteiger partial charge in [-0.2, -0.15) is 5.26 Å². The van der Waals surface area contributed by atoms with Gasteiger partial charge in [-0.05, 0) is 37.1 Å². The molecule has 0 spiro atoms. The number of methoxy groups -OCH3 is 1. The number of thioether (sulfide) groups is 1. The topological polar surface area (TPSA) is 33.0 Å². The van der Waals surface area contributed by atoms with E-state index in [1.807, 2.05) is 19.9 Å². The van der Waals surface area contributed by atoms with Crippen LogP contribution in [0.5, 0.6) is 5.75 Å². The summed E-state index contributed by atoms with van der Waals surface area (Å²) in [5.74, 6) is 1.40. The van der Waals surface area contributed by atoms with Crippen molar-refractivity contribution in [3.63, 3.8) is 0 Å². The summed E-state index contributed by atoms with van der Waals surface area (Å²) >= 11 is 1.56. The van der Waals surface area contributed by atoms with Crippen molar-refractivity contribution in [3.8, 4) is 11.8 Å². The highest BCUT2D eigenvalue weighted by molar-refractivity contribution is 7.99. The van der Waals surface area contributed by atoms with Gasteiger partial charge in [0.1, 0.15) is 5.75 Å². The second kappa shape index (κ2) is 4.92. The minimum absolute atomic E-state index is 0.493. The molecule has 0 saturated heterocycles. The molecule has 0 fully saturated rings. The first-order valence-electron chi connectivity index (χ1n) is 4.34. The van der Waals surface area contributed by atoms with Gasteiger partial charge >= 0.3 is 0 Å². The molecule has 0 atom stereocenters. The summed E-state index contributed by atoms with van der Waals surface area (Å²) in [6.45, 7) is 4.04. The van der Waals surface area contributed by atoms with Gasteiger partial charge < -0.3 is 4.74 Å². The van der Waals surface area contributed by atoms with Crippen molar-refractivity contribution >= 4 is 11.8 Å². The Labute approximate surface area is 88.9 Å². The Morgan fingerprint density at radius 1 is 1.36 bits per heavy atom. The molecule has 0 radical (unpaired) electrons. The second-order valence-corrected chi connectivity index (χ2v) is 4.05. The van der Waals surface area contributed by atoms with Crippen molar-refractivity contribution in [2.75, 3.05) is 12.9 Å². The minimum Gasteiger partial charge on any atom is -0.496 e. The van der Waals surface area contributed by atoms with Gasteiger partial charge in [0.15, 0.2) is 0 Å². The van der Waals surface area contributed by atoms with Crippen molar-refractivity contribution in [3.05, 3.63) is 23.3 Å². The van der Waals surface area contributed by atoms with Gasteiger partial charge in [-0.3, -0.25) is 0 Å². The monoisotopic (exact) mass is 207 g/mol. The van der Waals surface area contributed by atoms with E-state index in [9.17, 15) is 0 Å². The molecule has 0 amide bonds. The summed E-state index contributed by atoms with van der Waals surface area (Å²) < 4.78 is 5.21. The lowest BCUT2D eigenvalue weighted by Crippen LogP contribution is -1.90. The predicted molar refractivity (Wildman–Crippen MR) is 58.8 cm³/mol. The first-order valence-corrected chi connectivity index (χ1v) is 5.32. The third-order valence-corrected chi connectivity index (χ3v) is 3.01. The average Bonchev–Trinajstić information content (AvgIpc) is 2.18. The van der Waals surface area contributed by atoms with E-state index in [-0.39, 0.29) is 0 Å². The molecular weight excluding hydrogens is 194 g/mol. The van der Waals surface area contributed by atoms with Gasteiger partial charge in [-0.25, -0.2) is 0 Å². The predicted octanol–water partition coefficient (Wildman–Crippen LogP) is 2.93. The molecule has 0 aliphatic heterocycles. The fourth-order valence-electron chi connectivity index (χ4n) is 1.25. The largest absolute Gasteiger partial charge is 0.496 e. The maximum absolute atomic E-state index is 8.49. The molecule has 0 heterocycles. The summed E-state index contributed by atoms with van der Waals surface area (Å²) in [5.41, 5.74) is 2.27. The average molecular weight is 207 g/mol. The highest BCUT2D eigenvalue weighted by atomic mass is 32.2. The highest BCUT2D eigenvalue weighted by Gasteiger charge is 2.04. The number of nitrogens with zero attached hydrogens (tertiary/aromatic N) is 1. The van der Waals surface area contributed by atoms with E-state index >= 15 is 0 Å². The third-order valence-electron chi connectivity index (χ3n) is 1.98. The number of hydrogen-bond acceptors (Lipinski definition) is 3. The standard InChI is InChI=1S/C11H13NOS/c1-8-7-11(14-5-4-12)9(2)6-10(8)13-3/h6-7H,5H2,1-3H3. The quantitative estimate of drug-likeness (QED) is 0.714. The molecule has 1 rings (SSSR count). The van der Waals surface area contributed by atoms with E-state index in [0.717, 1.165) is 21.8 Å². The van der Waals surface area contributed by atoms with Crippen LogP contribution in [0.1, 0.15) is 11.1 Å². The number of benzene rings is 1. The van der Waals surface area contributed by atoms with Gasteiger partial charge in [-0.15, -0.1) is 11.8 Å². The zero-order valence-corrected chi connectivity index (χ0v) is 9.44. The molecule has 74 valence electrons. The van der Waals surface area contributed by atoms with Crippen LogP contribution in [0.15, 0.2) is 17.0 Å². The van der Waals surface area contributed by atoms with Crippen LogP contribution < -0.4 is 4.74 Å². The van der Waals surface area contributed by atoms with Gasteiger partial charge in [-0.1, -0.05) is 0 Å². The van der Waals surface area contributed by atoms with E-state index in [2.05, 4.69) is 12.1 Å². The van der Waals surface area contributed by atoms with Gasteiger partial charge in [0.2, 0.25) is 0 Å². The maximum Gasteiger partial charge on any atom is 0.122 e. The fourth-order valence-corrected chi connectivity index (χ4v) is 2.02. The zero-order chi connectivity index (χ0) is 10.6. The molecule has 14 heavy (non-hydrogen) atoms. The molecule has 0 aliphatic rings. The SMILES string of the molecule is COc1cc(C)c(SCC#N)cc1C. The molecule has 1 aromatic rings. The van der Waals surface area contributed by atoms with E-state index in [4.69, 9.17) is 10.00 Å². The smallest absolute Gasteiger partial charge is 0.122 e. The lowest BCUT2D eigenvalue weighted by Gasteiger charge is -2.09. The van der Waals surface area contributed by atoms with Crippen LogP contribution in [0.4, 0.5) is 0 Å². The number of aryl methyl sites for hydroxylation is 2. The summed E-state index contributed by atoms with van der Waals surface area (Å²) in [6, 6.07) is 6.20. The van der Waals surface area contributed by atoms with Crippen molar-refractivity contribution in [1.82, 2.24) is 0 Å². The summed E-state index contributed by atoms with van der Waals surface area (Å²) in [7, 11) is 1.67. The molecule has 0 N–H and O–H groups in total. The zero-order valence-electron chi connectivity index (χ0n) is 8.63. The molecular formula is C11H13NOS. The lowest BCUT2D eigenvalue weighted by molar-refractivity contribution is 0.411. The first-order chi connectivity index (χ1) is 6.69. The Bertz CT molecular complexity index is 368. The third kappa shape index (κ3) is 2.43. The van der Waals surface area contributed by atoms with E-state index < -0.39 is 0 Å². The number of hydrogen-bond donors (Lipinski definition) is 0. The Kier molecular flexibility index (Phi) is 3.84. The summed E-state index contributed by atoms with van der Waals surface area (Å²) in [5, 5.41) is 8.49. The first kappa shape index (κ1) is 10.9. The van der Waals surface area contributed by atoms with Crippen LogP contribution in [0.2, 0.25) is 0 Å². The Hall–Kier alpha value is -1.14. The Balaban J connectivity index is 2.97. The molecule has 1 aromatic carbocycles. The summed E-state index contributed by atoms with van der Waals surface area (Å²) in [6.07, 6.45) is 0. The van der Waals surface area contributed by atoms with Crippen molar-refractivity contribution < 1.29 is 4.74 Å². The van der Waals surface area contributed by atoms with Crippen molar-refractivity contribution in [2.24, 2.45) is 0 Å². The van der Waals surface area contributed by atoms with Crippen molar-refractivity contribution in [1.29, 1.82) is 5.26 Å². The number of nitriles is 1. The van der Waals surface area contributed by atoms with Crippen LogP contribution in [-0.2, 0) is 0 Å². The van der Waals surface area contributed by atoms with Gasteiger partial charge in [0.05, 0.1) is 18.9 Å². The van der Waals surface area contributed by atoms with Crippen LogP contribution in [-0.4, -0.2) is 12.9 Å². The van der Waals surface area contributed by atoms with Gasteiger partial charge in [0, 0.05) is 4.90 Å². The van der Waals surface area contributed by atoms with Crippen molar-refractivity contribution in [2.45, 2.75) is 18.7 Å². The van der Waals surface area contributed by atoms with E-state index in [1.54, 1.807) is 18.9 Å². The normalized spacial score (nSPS) is 9.57. The molecule has 0 saturated carbocycles. The lowest BCUT2D eigenvalue weighted by atomic mass is 10.1. The maximum atomic E-state index is 8.49. The van der Waals surface area contributed by atoms with Crippen LogP contribution in [0, 0.1) is 25.2 Å².